The van der Waals surface area contributed by atoms with E-state index in [0.717, 1.165) is 107 Å². The van der Waals surface area contributed by atoms with E-state index in [4.69, 9.17) is 4.74 Å². The summed E-state index contributed by atoms with van der Waals surface area (Å²) in [7, 11) is 1.57. The molecule has 0 aromatic carbocycles. The average molecular weight is 865 g/mol. The van der Waals surface area contributed by atoms with Crippen LogP contribution in [0.4, 0.5) is 0 Å². The SMILES string of the molecule is CCC1=C(OC)C(O)C(C)=C(C/C=C(\C)CC/C=C(\C)CC/C=C(\C)CC/C=C(\C)CC/C=C(\C)CC/C=C(\C)CC/C=C(\C)CC/C=C(\C)CC/C=C(\C)CCC=C(C)C)C1O. The molecule has 0 heterocycles. The van der Waals surface area contributed by atoms with E-state index in [1.807, 2.05) is 13.8 Å². The summed E-state index contributed by atoms with van der Waals surface area (Å²) in [4.78, 5) is 0. The summed E-state index contributed by atoms with van der Waals surface area (Å²) >= 11 is 0. The van der Waals surface area contributed by atoms with E-state index in [-0.39, 0.29) is 0 Å². The van der Waals surface area contributed by atoms with E-state index >= 15 is 0 Å². The number of hydrogen-bond donors (Lipinski definition) is 2. The first kappa shape index (κ1) is 57.6. The van der Waals surface area contributed by atoms with Gasteiger partial charge in [0.05, 0.1) is 7.11 Å². The van der Waals surface area contributed by atoms with Crippen molar-refractivity contribution in [1.29, 1.82) is 0 Å². The summed E-state index contributed by atoms with van der Waals surface area (Å²) in [6.07, 6.45) is 44.3. The highest BCUT2D eigenvalue weighted by Gasteiger charge is 2.32. The van der Waals surface area contributed by atoms with Crippen LogP contribution in [0.1, 0.15) is 218 Å². The average Bonchev–Trinajstić information content (AvgIpc) is 3.21. The zero-order valence-electron chi connectivity index (χ0n) is 43.4. The second-order valence-electron chi connectivity index (χ2n) is 19.2. The predicted molar refractivity (Wildman–Crippen MR) is 280 cm³/mol. The Morgan fingerprint density at radius 1 is 0.397 bits per heavy atom. The molecule has 3 nitrogen and oxygen atoms in total. The molecule has 0 bridgehead atoms. The van der Waals surface area contributed by atoms with Crippen molar-refractivity contribution in [2.24, 2.45) is 0 Å². The normalized spacial score (nSPS) is 18.3. The minimum absolute atomic E-state index is 0.504. The number of aliphatic hydroxyl groups is 2. The summed E-state index contributed by atoms with van der Waals surface area (Å²) in [6.45, 7) is 28.7. The highest BCUT2D eigenvalue weighted by Crippen LogP contribution is 2.35. The van der Waals surface area contributed by atoms with Gasteiger partial charge in [0.25, 0.3) is 0 Å². The summed E-state index contributed by atoms with van der Waals surface area (Å²) in [6, 6.07) is 0. The number of allylic oxidation sites excluding steroid dienone is 20. The second kappa shape index (κ2) is 34.0. The van der Waals surface area contributed by atoms with Crippen LogP contribution in [0.2, 0.25) is 0 Å². The molecule has 1 aliphatic rings. The van der Waals surface area contributed by atoms with Crippen molar-refractivity contribution in [2.75, 3.05) is 7.11 Å². The molecule has 0 aliphatic heterocycles. The van der Waals surface area contributed by atoms with Gasteiger partial charge < -0.3 is 14.9 Å². The third kappa shape index (κ3) is 26.9. The molecule has 1 aliphatic carbocycles. The molecule has 0 spiro atoms. The molecule has 3 heteroatoms. The first-order chi connectivity index (χ1) is 30.0. The summed E-state index contributed by atoms with van der Waals surface area (Å²) in [5, 5.41) is 21.7. The van der Waals surface area contributed by atoms with Gasteiger partial charge in [-0.2, -0.15) is 0 Å². The zero-order valence-corrected chi connectivity index (χ0v) is 43.4. The number of methoxy groups -OCH3 is 1. The van der Waals surface area contributed by atoms with E-state index in [9.17, 15) is 10.2 Å². The largest absolute Gasteiger partial charge is 0.498 e. The first-order valence-electron chi connectivity index (χ1n) is 24.8. The molecule has 2 atom stereocenters. The molecule has 0 amide bonds. The van der Waals surface area contributed by atoms with Gasteiger partial charge in [0, 0.05) is 5.57 Å². The molecule has 0 radical (unpaired) electrons. The molecule has 0 saturated heterocycles. The monoisotopic (exact) mass is 865 g/mol. The van der Waals surface area contributed by atoms with Crippen LogP contribution in [-0.2, 0) is 4.74 Å². The molecule has 2 N–H and O–H groups in total. The maximum absolute atomic E-state index is 11.0. The summed E-state index contributed by atoms with van der Waals surface area (Å²) in [5.74, 6) is 0.504. The van der Waals surface area contributed by atoms with E-state index in [0.29, 0.717) is 18.6 Å². The lowest BCUT2D eigenvalue weighted by Crippen LogP contribution is -2.30. The Kier molecular flexibility index (Phi) is 31.1. The lowest BCUT2D eigenvalue weighted by atomic mass is 9.83. The van der Waals surface area contributed by atoms with Crippen molar-refractivity contribution < 1.29 is 14.9 Å². The smallest absolute Gasteiger partial charge is 0.132 e. The molecule has 0 aromatic heterocycles. The van der Waals surface area contributed by atoms with Crippen molar-refractivity contribution in [3.63, 3.8) is 0 Å². The summed E-state index contributed by atoms with van der Waals surface area (Å²) in [5.41, 5.74) is 17.3. The molecule has 1 rings (SSSR count). The van der Waals surface area contributed by atoms with Gasteiger partial charge in [-0.25, -0.2) is 0 Å². The summed E-state index contributed by atoms with van der Waals surface area (Å²) < 4.78 is 5.43. The van der Waals surface area contributed by atoms with E-state index in [1.54, 1.807) is 7.11 Å². The van der Waals surface area contributed by atoms with Crippen LogP contribution in [0.15, 0.2) is 139 Å². The number of ether oxygens (including phenoxy) is 1. The van der Waals surface area contributed by atoms with Crippen molar-refractivity contribution in [3.05, 3.63) is 139 Å². The maximum Gasteiger partial charge on any atom is 0.132 e. The molecule has 0 aromatic rings. The molecular formula is C60H96O3. The molecular weight excluding hydrogens is 769 g/mol. The zero-order chi connectivity index (χ0) is 47.2. The highest BCUT2D eigenvalue weighted by atomic mass is 16.5. The van der Waals surface area contributed by atoms with Gasteiger partial charge in [-0.3, -0.25) is 0 Å². The minimum Gasteiger partial charge on any atom is -0.498 e. The van der Waals surface area contributed by atoms with Gasteiger partial charge in [0.1, 0.15) is 18.0 Å². The number of aliphatic hydroxyl groups excluding tert-OH is 2. The number of rotatable bonds is 31. The van der Waals surface area contributed by atoms with Gasteiger partial charge in [-0.1, -0.05) is 123 Å². The van der Waals surface area contributed by atoms with Crippen molar-refractivity contribution in [3.8, 4) is 0 Å². The first-order valence-corrected chi connectivity index (χ1v) is 24.8. The Balaban J connectivity index is 2.30. The molecule has 0 saturated carbocycles. The quantitative estimate of drug-likeness (QED) is 0.0683. The van der Waals surface area contributed by atoms with Crippen LogP contribution in [-0.4, -0.2) is 29.5 Å². The van der Waals surface area contributed by atoms with Gasteiger partial charge >= 0.3 is 0 Å². The van der Waals surface area contributed by atoms with Crippen LogP contribution in [0, 0.1) is 0 Å². The van der Waals surface area contributed by atoms with E-state index in [1.165, 1.54) is 81.4 Å². The fraction of sp³-hybridized carbons (Fsp3) is 0.600. The van der Waals surface area contributed by atoms with Crippen molar-refractivity contribution >= 4 is 0 Å². The number of hydrogen-bond acceptors (Lipinski definition) is 3. The molecule has 63 heavy (non-hydrogen) atoms. The Morgan fingerprint density at radius 3 is 0.889 bits per heavy atom. The minimum atomic E-state index is -0.769. The maximum atomic E-state index is 11.0. The van der Waals surface area contributed by atoms with E-state index < -0.39 is 12.2 Å². The van der Waals surface area contributed by atoms with Gasteiger partial charge in [-0.05, 0) is 223 Å². The fourth-order valence-corrected chi connectivity index (χ4v) is 8.15. The molecule has 0 fully saturated rings. The van der Waals surface area contributed by atoms with Gasteiger partial charge in [0.2, 0.25) is 0 Å². The van der Waals surface area contributed by atoms with Crippen LogP contribution in [0.3, 0.4) is 0 Å². The van der Waals surface area contributed by atoms with Gasteiger partial charge in [-0.15, -0.1) is 0 Å². The lowest BCUT2D eigenvalue weighted by Gasteiger charge is -2.31. The third-order valence-corrected chi connectivity index (χ3v) is 12.8. The Labute approximate surface area is 390 Å². The molecule has 2 unspecified atom stereocenters. The van der Waals surface area contributed by atoms with Crippen molar-refractivity contribution in [1.82, 2.24) is 0 Å². The van der Waals surface area contributed by atoms with Crippen LogP contribution in [0.25, 0.3) is 0 Å². The predicted octanol–water partition coefficient (Wildman–Crippen LogP) is 18.2. The topological polar surface area (TPSA) is 49.7 Å². The Bertz CT molecular complexity index is 1750. The van der Waals surface area contributed by atoms with Crippen LogP contribution in [0.5, 0.6) is 0 Å². The lowest BCUT2D eigenvalue weighted by molar-refractivity contribution is 0.125. The second-order valence-corrected chi connectivity index (χ2v) is 19.2. The molecule has 354 valence electrons. The van der Waals surface area contributed by atoms with Crippen LogP contribution >= 0.6 is 0 Å². The van der Waals surface area contributed by atoms with Gasteiger partial charge in [0.15, 0.2) is 0 Å². The standard InChI is InChI=1S/C60H96O3/c1-15-56-59(62)57(55(13)58(61)60(56)63-14)44-43-54(12)42-24-41-53(11)40-23-39-52(10)38-22-37-51(9)36-21-35-50(8)34-20-33-49(7)32-19-31-48(6)30-18-29-47(5)28-17-27-46(4)26-16-25-45(2)3/h25,27,29,31,33,35,37,39,41,43,58-59,61-62H,15-24,26,28,30,32,34,36,38,40,42,44H2,1-14H3/b46-27+,47-29+,48-31+,49-33+,50-35+,51-37+,52-39+,53-41+,54-43+. The van der Waals surface area contributed by atoms with E-state index in [2.05, 4.69) is 137 Å². The highest BCUT2D eigenvalue weighted by molar-refractivity contribution is 5.41. The fourth-order valence-electron chi connectivity index (χ4n) is 8.15. The third-order valence-electron chi connectivity index (χ3n) is 12.8. The van der Waals surface area contributed by atoms with Crippen LogP contribution < -0.4 is 0 Å². The Morgan fingerprint density at radius 2 is 0.651 bits per heavy atom. The van der Waals surface area contributed by atoms with Crippen molar-refractivity contribution in [2.45, 2.75) is 231 Å². The Hall–Kier alpha value is -3.40.